The summed E-state index contributed by atoms with van der Waals surface area (Å²) in [5, 5.41) is 10.7. The number of rotatable bonds is 4. The topological polar surface area (TPSA) is 72.4 Å². The summed E-state index contributed by atoms with van der Waals surface area (Å²) in [4.78, 5) is 12.3. The zero-order valence-electron chi connectivity index (χ0n) is 12.7. The van der Waals surface area contributed by atoms with Crippen molar-refractivity contribution in [3.8, 4) is 11.1 Å². The molecule has 1 aromatic carbocycles. The lowest BCUT2D eigenvalue weighted by molar-refractivity contribution is 0.0948. The highest BCUT2D eigenvalue weighted by atomic mass is 16.3. The third-order valence-electron chi connectivity index (χ3n) is 3.75. The van der Waals surface area contributed by atoms with Crippen LogP contribution in [0.25, 0.3) is 16.8 Å². The molecule has 0 aliphatic rings. The second-order valence-corrected chi connectivity index (χ2v) is 5.36. The molecular weight excluding hydrogens is 304 g/mol. The Morgan fingerprint density at radius 1 is 1.12 bits per heavy atom. The second kappa shape index (κ2) is 6.00. The van der Waals surface area contributed by atoms with Crippen molar-refractivity contribution >= 4 is 11.6 Å². The smallest absolute Gasteiger partial charge is 0.251 e. The first-order valence-corrected chi connectivity index (χ1v) is 7.50. The second-order valence-electron chi connectivity index (χ2n) is 5.36. The van der Waals surface area contributed by atoms with Gasteiger partial charge in [-0.3, -0.25) is 9.20 Å². The normalized spacial score (nSPS) is 10.8. The average molecular weight is 318 g/mol. The molecule has 1 N–H and O–H groups in total. The molecule has 0 spiro atoms. The fourth-order valence-corrected chi connectivity index (χ4v) is 2.52. The van der Waals surface area contributed by atoms with Crippen LogP contribution in [0.3, 0.4) is 0 Å². The Morgan fingerprint density at radius 3 is 2.96 bits per heavy atom. The molecule has 0 saturated carbocycles. The van der Waals surface area contributed by atoms with Gasteiger partial charge in [-0.2, -0.15) is 0 Å². The first-order chi connectivity index (χ1) is 11.8. The number of hydrogen-bond donors (Lipinski definition) is 1. The van der Waals surface area contributed by atoms with E-state index in [1.165, 1.54) is 0 Å². The van der Waals surface area contributed by atoms with Crippen LogP contribution in [0.2, 0.25) is 0 Å². The molecule has 0 fully saturated rings. The van der Waals surface area contributed by atoms with Crippen molar-refractivity contribution in [1.29, 1.82) is 0 Å². The van der Waals surface area contributed by atoms with Crippen molar-refractivity contribution in [3.05, 3.63) is 78.6 Å². The zero-order chi connectivity index (χ0) is 16.4. The van der Waals surface area contributed by atoms with Crippen LogP contribution in [0.4, 0.5) is 0 Å². The molecule has 3 aromatic heterocycles. The molecule has 118 valence electrons. The maximum Gasteiger partial charge on any atom is 0.251 e. The van der Waals surface area contributed by atoms with E-state index in [-0.39, 0.29) is 5.91 Å². The van der Waals surface area contributed by atoms with E-state index in [0.717, 1.165) is 22.5 Å². The highest BCUT2D eigenvalue weighted by Crippen LogP contribution is 2.21. The van der Waals surface area contributed by atoms with E-state index in [2.05, 4.69) is 15.5 Å². The number of nitrogens with one attached hydrogen (secondary N) is 1. The summed E-state index contributed by atoms with van der Waals surface area (Å²) in [6.07, 6.45) is 5.18. The van der Waals surface area contributed by atoms with Crippen LogP contribution < -0.4 is 5.32 Å². The molecule has 6 heteroatoms. The molecule has 0 radical (unpaired) electrons. The number of furan rings is 1. The number of benzene rings is 1. The first-order valence-electron chi connectivity index (χ1n) is 7.50. The van der Waals surface area contributed by atoms with Crippen LogP contribution in [0.15, 0.2) is 71.7 Å². The Bertz CT molecular complexity index is 989. The maximum atomic E-state index is 12.3. The minimum absolute atomic E-state index is 0.140. The molecule has 3 heterocycles. The number of nitrogens with zero attached hydrogens (tertiary/aromatic N) is 3. The van der Waals surface area contributed by atoms with Gasteiger partial charge in [0.2, 0.25) is 0 Å². The summed E-state index contributed by atoms with van der Waals surface area (Å²) in [5.41, 5.74) is 3.33. The summed E-state index contributed by atoms with van der Waals surface area (Å²) >= 11 is 0. The number of fused-ring (bicyclic) bond motifs is 1. The van der Waals surface area contributed by atoms with Crippen LogP contribution in [0, 0.1) is 0 Å². The summed E-state index contributed by atoms with van der Waals surface area (Å²) in [6, 6.07) is 15.0. The summed E-state index contributed by atoms with van der Waals surface area (Å²) in [5.74, 6) is 0.580. The average Bonchev–Trinajstić information content (AvgIpc) is 3.30. The van der Waals surface area contributed by atoms with E-state index in [9.17, 15) is 4.79 Å². The number of carbonyl (C=O) groups excluding carboxylic acids is 1. The van der Waals surface area contributed by atoms with Crippen LogP contribution in [0.1, 0.15) is 16.1 Å². The zero-order valence-corrected chi connectivity index (χ0v) is 12.7. The lowest BCUT2D eigenvalue weighted by Gasteiger charge is -2.07. The van der Waals surface area contributed by atoms with Gasteiger partial charge in [-0.15, -0.1) is 10.2 Å². The van der Waals surface area contributed by atoms with Gasteiger partial charge in [-0.25, -0.2) is 0 Å². The van der Waals surface area contributed by atoms with Crippen LogP contribution in [-0.2, 0) is 6.54 Å². The van der Waals surface area contributed by atoms with Crippen molar-refractivity contribution in [2.24, 2.45) is 0 Å². The fourth-order valence-electron chi connectivity index (χ4n) is 2.52. The van der Waals surface area contributed by atoms with Gasteiger partial charge < -0.3 is 9.73 Å². The third kappa shape index (κ3) is 2.77. The van der Waals surface area contributed by atoms with E-state index < -0.39 is 0 Å². The van der Waals surface area contributed by atoms with Crippen molar-refractivity contribution in [1.82, 2.24) is 19.9 Å². The highest BCUT2D eigenvalue weighted by molar-refractivity contribution is 5.95. The van der Waals surface area contributed by atoms with Gasteiger partial charge in [0.1, 0.15) is 12.1 Å². The molecule has 1 amide bonds. The fraction of sp³-hybridized carbons (Fsp3) is 0.0556. The molecule has 0 aliphatic carbocycles. The minimum atomic E-state index is -0.140. The third-order valence-corrected chi connectivity index (χ3v) is 3.75. The van der Waals surface area contributed by atoms with Gasteiger partial charge in [-0.1, -0.05) is 12.1 Å². The van der Waals surface area contributed by atoms with Crippen molar-refractivity contribution < 1.29 is 9.21 Å². The van der Waals surface area contributed by atoms with E-state index in [1.54, 1.807) is 24.7 Å². The molecule has 6 nitrogen and oxygen atoms in total. The van der Waals surface area contributed by atoms with Gasteiger partial charge in [0.05, 0.1) is 12.8 Å². The predicted molar refractivity (Wildman–Crippen MR) is 88.3 cm³/mol. The molecule has 0 bridgehead atoms. The Hall–Kier alpha value is -3.41. The largest absolute Gasteiger partial charge is 0.467 e. The molecule has 0 unspecified atom stereocenters. The summed E-state index contributed by atoms with van der Waals surface area (Å²) in [7, 11) is 0. The predicted octanol–water partition coefficient (Wildman–Crippen LogP) is 2.92. The highest BCUT2D eigenvalue weighted by Gasteiger charge is 2.08. The van der Waals surface area contributed by atoms with E-state index in [0.29, 0.717) is 12.1 Å². The molecule has 0 atom stereocenters. The summed E-state index contributed by atoms with van der Waals surface area (Å²) < 4.78 is 7.06. The van der Waals surface area contributed by atoms with Gasteiger partial charge in [0.25, 0.3) is 5.91 Å². The van der Waals surface area contributed by atoms with Gasteiger partial charge in [0.15, 0.2) is 5.65 Å². The van der Waals surface area contributed by atoms with Gasteiger partial charge in [0, 0.05) is 11.8 Å². The Kier molecular flexibility index (Phi) is 3.55. The van der Waals surface area contributed by atoms with Gasteiger partial charge in [-0.05, 0) is 47.5 Å². The summed E-state index contributed by atoms with van der Waals surface area (Å²) in [6.45, 7) is 0.364. The molecule has 24 heavy (non-hydrogen) atoms. The van der Waals surface area contributed by atoms with E-state index >= 15 is 0 Å². The van der Waals surface area contributed by atoms with Gasteiger partial charge >= 0.3 is 0 Å². The SMILES string of the molecule is O=C(NCc1ccco1)c1cccc(-c2ccc3nncn3c2)c1. The maximum absolute atomic E-state index is 12.3. The molecule has 0 aliphatic heterocycles. The van der Waals surface area contributed by atoms with E-state index in [4.69, 9.17) is 4.42 Å². The molecular formula is C18H14N4O2. The molecule has 4 rings (SSSR count). The number of amides is 1. The standard InChI is InChI=1S/C18H14N4O2/c23-18(19-10-16-5-2-8-24-16)14-4-1-3-13(9-14)15-6-7-17-21-20-12-22(17)11-15/h1-9,11-12H,10H2,(H,19,23). The van der Waals surface area contributed by atoms with Crippen LogP contribution >= 0.6 is 0 Å². The number of carbonyl (C=O) groups is 1. The number of hydrogen-bond acceptors (Lipinski definition) is 4. The molecule has 4 aromatic rings. The Morgan fingerprint density at radius 2 is 2.08 bits per heavy atom. The monoisotopic (exact) mass is 318 g/mol. The van der Waals surface area contributed by atoms with E-state index in [1.807, 2.05) is 47.0 Å². The lowest BCUT2D eigenvalue weighted by Crippen LogP contribution is -2.22. The Labute approximate surface area is 137 Å². The lowest BCUT2D eigenvalue weighted by atomic mass is 10.0. The number of aromatic nitrogens is 3. The molecule has 0 saturated heterocycles. The minimum Gasteiger partial charge on any atom is -0.467 e. The van der Waals surface area contributed by atoms with Crippen molar-refractivity contribution in [3.63, 3.8) is 0 Å². The number of pyridine rings is 1. The van der Waals surface area contributed by atoms with Crippen molar-refractivity contribution in [2.75, 3.05) is 0 Å². The van der Waals surface area contributed by atoms with Crippen LogP contribution in [-0.4, -0.2) is 20.5 Å². The Balaban J connectivity index is 1.57. The van der Waals surface area contributed by atoms with Crippen molar-refractivity contribution in [2.45, 2.75) is 6.54 Å². The quantitative estimate of drug-likeness (QED) is 0.628. The first kappa shape index (κ1) is 14.2. The van der Waals surface area contributed by atoms with Crippen LogP contribution in [0.5, 0.6) is 0 Å².